The number of aromatic nitrogens is 3. The first-order chi connectivity index (χ1) is 10.0. The standard InChI is InChI=1S/C13H17N3O3S2/c1-16-5-11(4-14-16)13-15-12(7-20-13)9-21(17,18)8-10-2-3-19-6-10/h4-5,7,10H,2-3,6,8-9H2,1H3/t10-/m1/s1. The molecule has 8 heteroatoms. The normalized spacial score (nSPS) is 19.2. The van der Waals surface area contributed by atoms with E-state index in [1.54, 1.807) is 10.9 Å². The second-order valence-electron chi connectivity index (χ2n) is 5.33. The Morgan fingerprint density at radius 1 is 1.52 bits per heavy atom. The van der Waals surface area contributed by atoms with E-state index in [1.807, 2.05) is 18.6 Å². The van der Waals surface area contributed by atoms with Crippen LogP contribution in [0.25, 0.3) is 10.6 Å². The second-order valence-corrected chi connectivity index (χ2v) is 8.30. The molecule has 1 fully saturated rings. The molecular weight excluding hydrogens is 310 g/mol. The number of aryl methyl sites for hydroxylation is 1. The van der Waals surface area contributed by atoms with E-state index in [-0.39, 0.29) is 17.4 Å². The highest BCUT2D eigenvalue weighted by Gasteiger charge is 2.24. The fraction of sp³-hybridized carbons (Fsp3) is 0.538. The van der Waals surface area contributed by atoms with E-state index in [4.69, 9.17) is 4.74 Å². The molecule has 0 aliphatic carbocycles. The van der Waals surface area contributed by atoms with Crippen molar-refractivity contribution in [1.82, 2.24) is 14.8 Å². The molecule has 0 unspecified atom stereocenters. The minimum absolute atomic E-state index is 0.000260. The summed E-state index contributed by atoms with van der Waals surface area (Å²) in [6.07, 6.45) is 4.43. The molecule has 3 rings (SSSR count). The molecule has 3 heterocycles. The van der Waals surface area contributed by atoms with Crippen LogP contribution in [-0.2, 0) is 27.4 Å². The van der Waals surface area contributed by atoms with Crippen LogP contribution in [-0.4, -0.2) is 42.1 Å². The summed E-state index contributed by atoms with van der Waals surface area (Å²) < 4.78 is 31.3. The highest BCUT2D eigenvalue weighted by Crippen LogP contribution is 2.24. The number of sulfone groups is 1. The Morgan fingerprint density at radius 3 is 3.05 bits per heavy atom. The molecule has 0 spiro atoms. The van der Waals surface area contributed by atoms with Crippen LogP contribution in [0.1, 0.15) is 12.1 Å². The zero-order chi connectivity index (χ0) is 14.9. The number of rotatable bonds is 5. The summed E-state index contributed by atoms with van der Waals surface area (Å²) in [5, 5.41) is 6.71. The molecule has 6 nitrogen and oxygen atoms in total. The molecule has 2 aromatic rings. The first kappa shape index (κ1) is 14.7. The van der Waals surface area contributed by atoms with E-state index in [2.05, 4.69) is 10.1 Å². The zero-order valence-corrected chi connectivity index (χ0v) is 13.4. The van der Waals surface area contributed by atoms with Crippen molar-refractivity contribution < 1.29 is 13.2 Å². The number of hydrogen-bond donors (Lipinski definition) is 0. The molecule has 0 aromatic carbocycles. The van der Waals surface area contributed by atoms with Crippen LogP contribution in [0.2, 0.25) is 0 Å². The van der Waals surface area contributed by atoms with Gasteiger partial charge < -0.3 is 4.74 Å². The van der Waals surface area contributed by atoms with Crippen LogP contribution in [0.5, 0.6) is 0 Å². The van der Waals surface area contributed by atoms with Crippen molar-refractivity contribution in [3.63, 3.8) is 0 Å². The number of thiazole rings is 1. The lowest BCUT2D eigenvalue weighted by Crippen LogP contribution is -2.18. The second kappa shape index (κ2) is 5.86. The maximum atomic E-state index is 12.2. The van der Waals surface area contributed by atoms with E-state index in [0.717, 1.165) is 17.0 Å². The molecule has 114 valence electrons. The maximum absolute atomic E-state index is 12.2. The quantitative estimate of drug-likeness (QED) is 0.832. The van der Waals surface area contributed by atoms with Gasteiger partial charge >= 0.3 is 0 Å². The predicted octanol–water partition coefficient (Wildman–Crippen LogP) is 1.49. The van der Waals surface area contributed by atoms with E-state index < -0.39 is 9.84 Å². The Kier molecular flexibility index (Phi) is 4.10. The molecule has 0 N–H and O–H groups in total. The maximum Gasteiger partial charge on any atom is 0.156 e. The van der Waals surface area contributed by atoms with Crippen molar-refractivity contribution in [2.45, 2.75) is 12.2 Å². The first-order valence-electron chi connectivity index (χ1n) is 6.73. The molecule has 0 bridgehead atoms. The summed E-state index contributed by atoms with van der Waals surface area (Å²) >= 11 is 1.45. The Labute approximate surface area is 127 Å². The summed E-state index contributed by atoms with van der Waals surface area (Å²) in [7, 11) is -1.30. The molecule has 1 aliphatic heterocycles. The molecule has 2 aromatic heterocycles. The van der Waals surface area contributed by atoms with Gasteiger partial charge in [0.2, 0.25) is 0 Å². The average Bonchev–Trinajstić information content (AvgIpc) is 3.10. The van der Waals surface area contributed by atoms with Crippen molar-refractivity contribution >= 4 is 21.2 Å². The van der Waals surface area contributed by atoms with Gasteiger partial charge in [-0.1, -0.05) is 0 Å². The fourth-order valence-electron chi connectivity index (χ4n) is 2.40. The Bertz CT molecular complexity index is 715. The summed E-state index contributed by atoms with van der Waals surface area (Å²) in [5.41, 5.74) is 1.52. The lowest BCUT2D eigenvalue weighted by atomic mass is 10.2. The third-order valence-electron chi connectivity index (χ3n) is 3.38. The van der Waals surface area contributed by atoms with Gasteiger partial charge in [0.05, 0.1) is 30.0 Å². The fourth-order valence-corrected chi connectivity index (χ4v) is 4.99. The van der Waals surface area contributed by atoms with E-state index in [1.165, 1.54) is 11.3 Å². The molecule has 1 atom stereocenters. The van der Waals surface area contributed by atoms with Crippen LogP contribution >= 0.6 is 11.3 Å². The van der Waals surface area contributed by atoms with Crippen LogP contribution in [0, 0.1) is 5.92 Å². The van der Waals surface area contributed by atoms with E-state index in [9.17, 15) is 8.42 Å². The largest absolute Gasteiger partial charge is 0.381 e. The van der Waals surface area contributed by atoms with Gasteiger partial charge in [-0.2, -0.15) is 5.10 Å². The van der Waals surface area contributed by atoms with E-state index in [0.29, 0.717) is 18.9 Å². The van der Waals surface area contributed by atoms with Crippen LogP contribution in [0.3, 0.4) is 0 Å². The first-order valence-corrected chi connectivity index (χ1v) is 9.43. The van der Waals surface area contributed by atoms with E-state index >= 15 is 0 Å². The Balaban J connectivity index is 1.68. The average molecular weight is 327 g/mol. The Hall–Kier alpha value is -1.25. The van der Waals surface area contributed by atoms with Crippen LogP contribution in [0.4, 0.5) is 0 Å². The van der Waals surface area contributed by atoms with Crippen LogP contribution < -0.4 is 0 Å². The van der Waals surface area contributed by atoms with Crippen molar-refractivity contribution in [3.8, 4) is 10.6 Å². The van der Waals surface area contributed by atoms with Crippen molar-refractivity contribution in [2.75, 3.05) is 19.0 Å². The van der Waals surface area contributed by atoms with Gasteiger partial charge in [0.1, 0.15) is 5.01 Å². The summed E-state index contributed by atoms with van der Waals surface area (Å²) in [5.74, 6) is 0.318. The lowest BCUT2D eigenvalue weighted by Gasteiger charge is -2.07. The SMILES string of the molecule is Cn1cc(-c2nc(CS(=O)(=O)C[C@@H]3CCOC3)cs2)cn1. The van der Waals surface area contributed by atoms with Gasteiger partial charge in [0, 0.05) is 30.8 Å². The lowest BCUT2D eigenvalue weighted by molar-refractivity contribution is 0.188. The van der Waals surface area contributed by atoms with Gasteiger partial charge in [-0.3, -0.25) is 4.68 Å². The smallest absolute Gasteiger partial charge is 0.156 e. The Morgan fingerprint density at radius 2 is 2.38 bits per heavy atom. The molecule has 0 radical (unpaired) electrons. The molecule has 1 aliphatic rings. The predicted molar refractivity (Wildman–Crippen MR) is 80.7 cm³/mol. The number of nitrogens with zero attached hydrogens (tertiary/aromatic N) is 3. The number of ether oxygens (including phenoxy) is 1. The summed E-state index contributed by atoms with van der Waals surface area (Å²) in [6.45, 7) is 1.22. The van der Waals surface area contributed by atoms with Crippen molar-refractivity contribution in [3.05, 3.63) is 23.5 Å². The van der Waals surface area contributed by atoms with Gasteiger partial charge in [0.25, 0.3) is 0 Å². The summed E-state index contributed by atoms with van der Waals surface area (Å²) in [4.78, 5) is 4.41. The molecule has 1 saturated heterocycles. The van der Waals surface area contributed by atoms with Gasteiger partial charge in [0.15, 0.2) is 9.84 Å². The molecular formula is C13H17N3O3S2. The van der Waals surface area contributed by atoms with Crippen LogP contribution in [0.15, 0.2) is 17.8 Å². The molecule has 0 amide bonds. The van der Waals surface area contributed by atoms with Gasteiger partial charge in [-0.25, -0.2) is 13.4 Å². The third-order valence-corrected chi connectivity index (χ3v) is 6.04. The molecule has 21 heavy (non-hydrogen) atoms. The molecule has 0 saturated carbocycles. The zero-order valence-electron chi connectivity index (χ0n) is 11.7. The third kappa shape index (κ3) is 3.69. The minimum atomic E-state index is -3.14. The minimum Gasteiger partial charge on any atom is -0.381 e. The van der Waals surface area contributed by atoms with Crippen molar-refractivity contribution in [2.24, 2.45) is 13.0 Å². The monoisotopic (exact) mass is 327 g/mol. The highest BCUT2D eigenvalue weighted by molar-refractivity contribution is 7.90. The van der Waals surface area contributed by atoms with Gasteiger partial charge in [-0.05, 0) is 12.3 Å². The number of hydrogen-bond acceptors (Lipinski definition) is 6. The topological polar surface area (TPSA) is 74.1 Å². The van der Waals surface area contributed by atoms with Gasteiger partial charge in [-0.15, -0.1) is 11.3 Å². The highest BCUT2D eigenvalue weighted by atomic mass is 32.2. The summed E-state index contributed by atoms with van der Waals surface area (Å²) in [6, 6.07) is 0. The van der Waals surface area contributed by atoms with Crippen molar-refractivity contribution in [1.29, 1.82) is 0 Å².